The first-order valence-corrected chi connectivity index (χ1v) is 7.10. The predicted octanol–water partition coefficient (Wildman–Crippen LogP) is 3.87. The number of hydrogen-bond acceptors (Lipinski definition) is 2. The zero-order valence-corrected chi connectivity index (χ0v) is 11.5. The average molecular weight is 248 g/mol. The molecule has 0 aliphatic heterocycles. The Hall–Kier alpha value is -1.02. The molecule has 1 aliphatic rings. The van der Waals surface area contributed by atoms with Crippen molar-refractivity contribution in [2.75, 3.05) is 6.61 Å². The van der Waals surface area contributed by atoms with Crippen LogP contribution in [0.4, 0.5) is 0 Å². The molecule has 18 heavy (non-hydrogen) atoms. The van der Waals surface area contributed by atoms with Gasteiger partial charge in [-0.1, -0.05) is 19.9 Å². The van der Waals surface area contributed by atoms with Gasteiger partial charge < -0.3 is 9.84 Å². The maximum absolute atomic E-state index is 9.97. The molecule has 2 rings (SSSR count). The van der Waals surface area contributed by atoms with E-state index in [-0.39, 0.29) is 6.10 Å². The quantitative estimate of drug-likeness (QED) is 0.801. The second-order valence-electron chi connectivity index (χ2n) is 5.65. The van der Waals surface area contributed by atoms with Crippen molar-refractivity contribution in [2.24, 2.45) is 5.92 Å². The van der Waals surface area contributed by atoms with Gasteiger partial charge >= 0.3 is 0 Å². The molecule has 0 aromatic heterocycles. The number of rotatable bonds is 5. The van der Waals surface area contributed by atoms with Crippen molar-refractivity contribution in [1.82, 2.24) is 0 Å². The minimum Gasteiger partial charge on any atom is -0.494 e. The van der Waals surface area contributed by atoms with Crippen LogP contribution in [-0.4, -0.2) is 11.7 Å². The summed E-state index contributed by atoms with van der Waals surface area (Å²) in [5.41, 5.74) is 2.35. The molecule has 0 amide bonds. The van der Waals surface area contributed by atoms with E-state index in [1.54, 1.807) is 0 Å². The Labute approximate surface area is 110 Å². The second-order valence-corrected chi connectivity index (χ2v) is 5.65. The molecule has 0 bridgehead atoms. The fourth-order valence-electron chi connectivity index (χ4n) is 2.52. The van der Waals surface area contributed by atoms with E-state index in [9.17, 15) is 5.11 Å². The Morgan fingerprint density at radius 1 is 1.39 bits per heavy atom. The first-order valence-electron chi connectivity index (χ1n) is 7.10. The summed E-state index contributed by atoms with van der Waals surface area (Å²) < 4.78 is 5.76. The van der Waals surface area contributed by atoms with Crippen molar-refractivity contribution in [3.8, 4) is 5.75 Å². The van der Waals surface area contributed by atoms with Crippen LogP contribution < -0.4 is 4.74 Å². The average Bonchev–Trinajstić information content (AvgIpc) is 2.35. The summed E-state index contributed by atoms with van der Waals surface area (Å²) in [7, 11) is 0. The number of aliphatic hydroxyl groups excluding tert-OH is 1. The van der Waals surface area contributed by atoms with Crippen LogP contribution in [0.25, 0.3) is 0 Å². The highest BCUT2D eigenvalue weighted by Crippen LogP contribution is 2.32. The van der Waals surface area contributed by atoms with E-state index in [1.807, 2.05) is 12.1 Å². The molecule has 1 aliphatic carbocycles. The predicted molar refractivity (Wildman–Crippen MR) is 73.9 cm³/mol. The first-order chi connectivity index (χ1) is 8.66. The van der Waals surface area contributed by atoms with Crippen LogP contribution in [0.5, 0.6) is 5.75 Å². The lowest BCUT2D eigenvalue weighted by molar-refractivity contribution is 0.156. The minimum atomic E-state index is -0.298. The van der Waals surface area contributed by atoms with Crippen molar-refractivity contribution in [2.45, 2.75) is 52.1 Å². The summed E-state index contributed by atoms with van der Waals surface area (Å²) in [4.78, 5) is 0. The molecule has 0 saturated heterocycles. The highest BCUT2D eigenvalue weighted by Gasteiger charge is 2.18. The highest BCUT2D eigenvalue weighted by atomic mass is 16.5. The molecule has 0 heterocycles. The lowest BCUT2D eigenvalue weighted by atomic mass is 9.89. The Bertz CT molecular complexity index is 385. The summed E-state index contributed by atoms with van der Waals surface area (Å²) >= 11 is 0. The third-order valence-corrected chi connectivity index (χ3v) is 3.59. The lowest BCUT2D eigenvalue weighted by Gasteiger charge is -2.22. The number of hydrogen-bond donors (Lipinski definition) is 1. The first kappa shape index (κ1) is 13.4. The molecule has 100 valence electrons. The van der Waals surface area contributed by atoms with Crippen LogP contribution in [0, 0.1) is 5.92 Å². The van der Waals surface area contributed by atoms with E-state index in [0.717, 1.165) is 49.5 Å². The summed E-state index contributed by atoms with van der Waals surface area (Å²) in [5.74, 6) is 1.64. The number of ether oxygens (including phenoxy) is 1. The molecule has 0 fully saturated rings. The number of aliphatic hydroxyl groups is 1. The smallest absolute Gasteiger partial charge is 0.119 e. The van der Waals surface area contributed by atoms with E-state index in [4.69, 9.17) is 4.74 Å². The topological polar surface area (TPSA) is 29.5 Å². The second kappa shape index (κ2) is 6.24. The maximum atomic E-state index is 9.97. The molecule has 0 spiro atoms. The third-order valence-electron chi connectivity index (χ3n) is 3.59. The number of aryl methyl sites for hydroxylation is 1. The molecule has 0 unspecified atom stereocenters. The van der Waals surface area contributed by atoms with Crippen LogP contribution in [-0.2, 0) is 6.42 Å². The van der Waals surface area contributed by atoms with E-state index < -0.39 is 0 Å². The van der Waals surface area contributed by atoms with Crippen molar-refractivity contribution in [1.29, 1.82) is 0 Å². The van der Waals surface area contributed by atoms with Gasteiger partial charge in [0.2, 0.25) is 0 Å². The summed E-state index contributed by atoms with van der Waals surface area (Å²) in [5, 5.41) is 9.97. The largest absolute Gasteiger partial charge is 0.494 e. The molecule has 0 radical (unpaired) electrons. The van der Waals surface area contributed by atoms with Crippen molar-refractivity contribution in [3.05, 3.63) is 29.3 Å². The fourth-order valence-corrected chi connectivity index (χ4v) is 2.52. The van der Waals surface area contributed by atoms with Gasteiger partial charge in [-0.25, -0.2) is 0 Å². The third kappa shape index (κ3) is 3.49. The molecule has 2 heteroatoms. The zero-order valence-electron chi connectivity index (χ0n) is 11.5. The van der Waals surface area contributed by atoms with Gasteiger partial charge in [-0.2, -0.15) is 0 Å². The normalized spacial score (nSPS) is 18.8. The summed E-state index contributed by atoms with van der Waals surface area (Å²) in [6, 6.07) is 6.16. The van der Waals surface area contributed by atoms with Crippen molar-refractivity contribution < 1.29 is 9.84 Å². The highest BCUT2D eigenvalue weighted by molar-refractivity contribution is 5.38. The molecule has 1 aromatic carbocycles. The molecule has 1 aromatic rings. The van der Waals surface area contributed by atoms with Crippen molar-refractivity contribution in [3.63, 3.8) is 0 Å². The van der Waals surface area contributed by atoms with Crippen LogP contribution >= 0.6 is 0 Å². The van der Waals surface area contributed by atoms with Gasteiger partial charge in [-0.15, -0.1) is 0 Å². The Kier molecular flexibility index (Phi) is 4.65. The molecular formula is C16H24O2. The fraction of sp³-hybridized carbons (Fsp3) is 0.625. The molecule has 2 nitrogen and oxygen atoms in total. The van der Waals surface area contributed by atoms with Gasteiger partial charge in [0, 0.05) is 0 Å². The lowest BCUT2D eigenvalue weighted by Crippen LogP contribution is -2.09. The molecule has 1 N–H and O–H groups in total. The Morgan fingerprint density at radius 2 is 2.22 bits per heavy atom. The number of benzene rings is 1. The van der Waals surface area contributed by atoms with Gasteiger partial charge in [0.25, 0.3) is 0 Å². The Morgan fingerprint density at radius 3 is 3.00 bits per heavy atom. The van der Waals surface area contributed by atoms with Crippen LogP contribution in [0.1, 0.15) is 56.8 Å². The van der Waals surface area contributed by atoms with Crippen LogP contribution in [0.15, 0.2) is 18.2 Å². The van der Waals surface area contributed by atoms with Gasteiger partial charge in [0.1, 0.15) is 5.75 Å². The van der Waals surface area contributed by atoms with E-state index in [2.05, 4.69) is 19.9 Å². The zero-order chi connectivity index (χ0) is 13.0. The van der Waals surface area contributed by atoms with Gasteiger partial charge in [-0.05, 0) is 61.3 Å². The van der Waals surface area contributed by atoms with E-state index >= 15 is 0 Å². The summed E-state index contributed by atoms with van der Waals surface area (Å²) in [6.45, 7) is 5.23. The van der Waals surface area contributed by atoms with E-state index in [1.165, 1.54) is 12.0 Å². The molecule has 1 atom stereocenters. The minimum absolute atomic E-state index is 0.298. The SMILES string of the molecule is CC(C)CCCOc1ccc2c(c1)[C@@H](O)CCC2. The van der Waals surface area contributed by atoms with Gasteiger partial charge in [-0.3, -0.25) is 0 Å². The van der Waals surface area contributed by atoms with Gasteiger partial charge in [0.05, 0.1) is 12.7 Å². The van der Waals surface area contributed by atoms with Crippen molar-refractivity contribution >= 4 is 0 Å². The summed E-state index contributed by atoms with van der Waals surface area (Å²) in [6.07, 6.45) is 5.05. The molecular weight excluding hydrogens is 224 g/mol. The van der Waals surface area contributed by atoms with Crippen LogP contribution in [0.3, 0.4) is 0 Å². The maximum Gasteiger partial charge on any atom is 0.119 e. The number of fused-ring (bicyclic) bond motifs is 1. The molecule has 0 saturated carbocycles. The monoisotopic (exact) mass is 248 g/mol. The standard InChI is InChI=1S/C16H24O2/c1-12(2)5-4-10-18-14-9-8-13-6-3-7-16(17)15(13)11-14/h8-9,11-12,16-17H,3-7,10H2,1-2H3/t16-/m0/s1. The Balaban J connectivity index is 1.92. The van der Waals surface area contributed by atoms with Crippen LogP contribution in [0.2, 0.25) is 0 Å². The van der Waals surface area contributed by atoms with E-state index in [0.29, 0.717) is 0 Å². The van der Waals surface area contributed by atoms with Gasteiger partial charge in [0.15, 0.2) is 0 Å².